The van der Waals surface area contributed by atoms with Gasteiger partial charge in [0.25, 0.3) is 5.91 Å². The summed E-state index contributed by atoms with van der Waals surface area (Å²) >= 11 is 0. The van der Waals surface area contributed by atoms with Gasteiger partial charge < -0.3 is 15.5 Å². The molecule has 1 atom stereocenters. The molecule has 0 aliphatic carbocycles. The molecule has 4 heteroatoms. The number of amides is 1. The van der Waals surface area contributed by atoms with E-state index in [4.69, 9.17) is 10.2 Å². The minimum absolute atomic E-state index is 0.145. The van der Waals surface area contributed by atoms with Crippen molar-refractivity contribution in [2.75, 3.05) is 5.73 Å². The predicted octanol–water partition coefficient (Wildman–Crippen LogP) is 2.35. The third-order valence-electron chi connectivity index (χ3n) is 2.49. The van der Waals surface area contributed by atoms with E-state index in [1.54, 1.807) is 36.6 Å². The van der Waals surface area contributed by atoms with Gasteiger partial charge in [0.2, 0.25) is 0 Å². The highest BCUT2D eigenvalue weighted by atomic mass is 16.3. The first-order valence-corrected chi connectivity index (χ1v) is 5.36. The van der Waals surface area contributed by atoms with Crippen molar-refractivity contribution in [2.24, 2.45) is 0 Å². The molecule has 2 aromatic rings. The molecule has 0 aliphatic heterocycles. The van der Waals surface area contributed by atoms with Gasteiger partial charge in [0.05, 0.1) is 12.3 Å². The summed E-state index contributed by atoms with van der Waals surface area (Å²) in [6.45, 7) is 1.87. The first kappa shape index (κ1) is 11.3. The van der Waals surface area contributed by atoms with Crippen molar-refractivity contribution in [2.45, 2.75) is 13.0 Å². The summed E-state index contributed by atoms with van der Waals surface area (Å²) in [6, 6.07) is 10.3. The average molecular weight is 230 g/mol. The van der Waals surface area contributed by atoms with Crippen molar-refractivity contribution >= 4 is 11.6 Å². The summed E-state index contributed by atoms with van der Waals surface area (Å²) in [5.74, 6) is 0.586. The topological polar surface area (TPSA) is 68.3 Å². The van der Waals surface area contributed by atoms with Crippen LogP contribution in [-0.4, -0.2) is 5.91 Å². The summed E-state index contributed by atoms with van der Waals surface area (Å²) < 4.78 is 5.22. The highest BCUT2D eigenvalue weighted by molar-refractivity contribution is 5.94. The molecule has 0 bridgehead atoms. The number of carbonyl (C=O) groups is 1. The molecule has 1 amide bonds. The second kappa shape index (κ2) is 4.74. The smallest absolute Gasteiger partial charge is 0.251 e. The van der Waals surface area contributed by atoms with E-state index in [-0.39, 0.29) is 11.9 Å². The van der Waals surface area contributed by atoms with Crippen molar-refractivity contribution in [3.8, 4) is 0 Å². The Balaban J connectivity index is 2.04. The molecule has 0 spiro atoms. The maximum atomic E-state index is 11.9. The first-order valence-electron chi connectivity index (χ1n) is 5.36. The van der Waals surface area contributed by atoms with Gasteiger partial charge in [-0.05, 0) is 43.3 Å². The van der Waals surface area contributed by atoms with Crippen LogP contribution in [0, 0.1) is 0 Å². The Bertz CT molecular complexity index is 489. The molecule has 1 heterocycles. The minimum atomic E-state index is -0.157. The molecule has 0 fully saturated rings. The molecule has 2 rings (SSSR count). The molecule has 0 unspecified atom stereocenters. The molecule has 1 aromatic carbocycles. The maximum Gasteiger partial charge on any atom is 0.251 e. The number of anilines is 1. The summed E-state index contributed by atoms with van der Waals surface area (Å²) in [4.78, 5) is 11.9. The van der Waals surface area contributed by atoms with E-state index < -0.39 is 0 Å². The van der Waals surface area contributed by atoms with Crippen molar-refractivity contribution in [3.05, 3.63) is 54.0 Å². The van der Waals surface area contributed by atoms with Gasteiger partial charge in [-0.1, -0.05) is 0 Å². The van der Waals surface area contributed by atoms with Gasteiger partial charge in [0.1, 0.15) is 5.76 Å². The van der Waals surface area contributed by atoms with Crippen molar-refractivity contribution in [1.29, 1.82) is 0 Å². The summed E-state index contributed by atoms with van der Waals surface area (Å²) in [5, 5.41) is 2.84. The van der Waals surface area contributed by atoms with Crippen molar-refractivity contribution < 1.29 is 9.21 Å². The average Bonchev–Trinajstić information content (AvgIpc) is 2.83. The largest absolute Gasteiger partial charge is 0.467 e. The Labute approximate surface area is 99.4 Å². The number of benzene rings is 1. The number of nitrogens with one attached hydrogen (secondary N) is 1. The van der Waals surface area contributed by atoms with Crippen LogP contribution in [0.2, 0.25) is 0 Å². The van der Waals surface area contributed by atoms with E-state index in [1.807, 2.05) is 13.0 Å². The first-order chi connectivity index (χ1) is 8.16. The SMILES string of the molecule is C[C@H](NC(=O)c1ccc(N)cc1)c1ccco1. The van der Waals surface area contributed by atoms with E-state index in [2.05, 4.69) is 5.32 Å². The zero-order valence-corrected chi connectivity index (χ0v) is 9.51. The summed E-state index contributed by atoms with van der Waals surface area (Å²) in [7, 11) is 0. The monoisotopic (exact) mass is 230 g/mol. The Hall–Kier alpha value is -2.23. The molecule has 0 saturated heterocycles. The summed E-state index contributed by atoms with van der Waals surface area (Å²) in [6.07, 6.45) is 1.58. The van der Waals surface area contributed by atoms with Gasteiger partial charge in [-0.3, -0.25) is 4.79 Å². The van der Waals surface area contributed by atoms with E-state index in [0.29, 0.717) is 11.3 Å². The zero-order chi connectivity index (χ0) is 12.3. The van der Waals surface area contributed by atoms with E-state index in [0.717, 1.165) is 5.76 Å². The van der Waals surface area contributed by atoms with Gasteiger partial charge >= 0.3 is 0 Å². The highest BCUT2D eigenvalue weighted by Crippen LogP contribution is 2.13. The van der Waals surface area contributed by atoms with Gasteiger partial charge in [-0.2, -0.15) is 0 Å². The normalized spacial score (nSPS) is 12.1. The molecule has 0 saturated carbocycles. The number of rotatable bonds is 3. The number of hydrogen-bond donors (Lipinski definition) is 2. The van der Waals surface area contributed by atoms with Crippen LogP contribution in [0.1, 0.15) is 29.1 Å². The Morgan fingerprint density at radius 1 is 1.29 bits per heavy atom. The molecule has 17 heavy (non-hydrogen) atoms. The highest BCUT2D eigenvalue weighted by Gasteiger charge is 2.12. The molecule has 4 nitrogen and oxygen atoms in total. The minimum Gasteiger partial charge on any atom is -0.467 e. The van der Waals surface area contributed by atoms with Crippen molar-refractivity contribution in [3.63, 3.8) is 0 Å². The lowest BCUT2D eigenvalue weighted by Crippen LogP contribution is -2.26. The molecule has 3 N–H and O–H groups in total. The van der Waals surface area contributed by atoms with Crippen LogP contribution in [0.5, 0.6) is 0 Å². The van der Waals surface area contributed by atoms with Crippen molar-refractivity contribution in [1.82, 2.24) is 5.32 Å². The third kappa shape index (κ3) is 2.66. The Morgan fingerprint density at radius 2 is 2.00 bits per heavy atom. The lowest BCUT2D eigenvalue weighted by Gasteiger charge is -2.11. The number of furan rings is 1. The quantitative estimate of drug-likeness (QED) is 0.795. The summed E-state index contributed by atoms with van der Waals surface area (Å²) in [5.41, 5.74) is 6.78. The van der Waals surface area contributed by atoms with E-state index >= 15 is 0 Å². The van der Waals surface area contributed by atoms with Crippen LogP contribution in [0.15, 0.2) is 47.1 Å². The maximum absolute atomic E-state index is 11.9. The number of hydrogen-bond acceptors (Lipinski definition) is 3. The fourth-order valence-corrected chi connectivity index (χ4v) is 1.52. The van der Waals surface area contributed by atoms with Gasteiger partial charge in [0, 0.05) is 11.3 Å². The van der Waals surface area contributed by atoms with Crippen LogP contribution < -0.4 is 11.1 Å². The predicted molar refractivity (Wildman–Crippen MR) is 65.4 cm³/mol. The number of carbonyl (C=O) groups excluding carboxylic acids is 1. The van der Waals surface area contributed by atoms with Gasteiger partial charge in [0.15, 0.2) is 0 Å². The third-order valence-corrected chi connectivity index (χ3v) is 2.49. The van der Waals surface area contributed by atoms with Crippen LogP contribution in [0.4, 0.5) is 5.69 Å². The van der Waals surface area contributed by atoms with Crippen LogP contribution in [0.3, 0.4) is 0 Å². The van der Waals surface area contributed by atoms with Gasteiger partial charge in [-0.25, -0.2) is 0 Å². The standard InChI is InChI=1S/C13H14N2O2/c1-9(12-3-2-8-17-12)15-13(16)10-4-6-11(14)7-5-10/h2-9H,14H2,1H3,(H,15,16)/t9-/m0/s1. The van der Waals surface area contributed by atoms with Crippen LogP contribution >= 0.6 is 0 Å². The molecule has 1 aromatic heterocycles. The second-order valence-electron chi connectivity index (χ2n) is 3.83. The fraction of sp³-hybridized carbons (Fsp3) is 0.154. The van der Waals surface area contributed by atoms with E-state index in [1.165, 1.54) is 0 Å². The van der Waals surface area contributed by atoms with E-state index in [9.17, 15) is 4.79 Å². The lowest BCUT2D eigenvalue weighted by atomic mass is 10.1. The van der Waals surface area contributed by atoms with Crippen LogP contribution in [-0.2, 0) is 0 Å². The molecule has 0 aliphatic rings. The number of nitrogens with two attached hydrogens (primary N) is 1. The zero-order valence-electron chi connectivity index (χ0n) is 9.51. The number of nitrogen functional groups attached to an aromatic ring is 1. The molecule has 88 valence electrons. The Morgan fingerprint density at radius 3 is 2.59 bits per heavy atom. The Kier molecular flexibility index (Phi) is 3.14. The van der Waals surface area contributed by atoms with Crippen LogP contribution in [0.25, 0.3) is 0 Å². The van der Waals surface area contributed by atoms with Gasteiger partial charge in [-0.15, -0.1) is 0 Å². The molecule has 0 radical (unpaired) electrons. The lowest BCUT2D eigenvalue weighted by molar-refractivity contribution is 0.0935. The molecular formula is C13H14N2O2. The molecular weight excluding hydrogens is 216 g/mol. The fourth-order valence-electron chi connectivity index (χ4n) is 1.52. The second-order valence-corrected chi connectivity index (χ2v) is 3.83.